The van der Waals surface area contributed by atoms with Gasteiger partial charge in [0.25, 0.3) is 5.91 Å². The molecule has 0 saturated carbocycles. The van der Waals surface area contributed by atoms with Gasteiger partial charge in [-0.05, 0) is 31.2 Å². The highest BCUT2D eigenvalue weighted by Crippen LogP contribution is 2.32. The molecule has 1 heterocycles. The zero-order chi connectivity index (χ0) is 25.8. The van der Waals surface area contributed by atoms with Gasteiger partial charge in [0.05, 0.1) is 23.8 Å². The number of benzene rings is 2. The number of rotatable bonds is 8. The van der Waals surface area contributed by atoms with E-state index < -0.39 is 48.8 Å². The van der Waals surface area contributed by atoms with Crippen LogP contribution in [0.2, 0.25) is 5.02 Å². The number of carbonyl (C=O) groups is 2. The molecular formula is C23H25ClF3N5O3. The van der Waals surface area contributed by atoms with Crippen LogP contribution < -0.4 is 16.1 Å². The Balaban J connectivity index is 1.71. The minimum atomic E-state index is -5.14. The smallest absolute Gasteiger partial charge is 0.378 e. The van der Waals surface area contributed by atoms with Gasteiger partial charge in [-0.25, -0.2) is 5.01 Å². The number of carbonyl (C=O) groups excluding carboxylic acids is 2. The maximum atomic E-state index is 13.9. The second-order valence-corrected chi connectivity index (χ2v) is 8.42. The van der Waals surface area contributed by atoms with Gasteiger partial charge in [0.15, 0.2) is 5.60 Å². The van der Waals surface area contributed by atoms with Gasteiger partial charge in [-0.15, -0.1) is 0 Å². The highest BCUT2D eigenvalue weighted by atomic mass is 35.5. The van der Waals surface area contributed by atoms with Crippen LogP contribution in [-0.2, 0) is 4.79 Å². The van der Waals surface area contributed by atoms with Crippen LogP contribution in [0.25, 0.3) is 0 Å². The fourth-order valence-corrected chi connectivity index (χ4v) is 3.77. The van der Waals surface area contributed by atoms with Gasteiger partial charge < -0.3 is 21.1 Å². The van der Waals surface area contributed by atoms with E-state index in [1.54, 1.807) is 42.5 Å². The van der Waals surface area contributed by atoms with Gasteiger partial charge in [-0.1, -0.05) is 41.9 Å². The van der Waals surface area contributed by atoms with Crippen molar-refractivity contribution in [1.82, 2.24) is 10.2 Å². The summed E-state index contributed by atoms with van der Waals surface area (Å²) in [5.74, 6) is -2.64. The van der Waals surface area contributed by atoms with Crippen molar-refractivity contribution in [2.75, 3.05) is 24.6 Å². The average molecular weight is 512 g/mol. The van der Waals surface area contributed by atoms with Gasteiger partial charge in [-0.3, -0.25) is 9.59 Å². The van der Waals surface area contributed by atoms with Crippen LogP contribution in [0.3, 0.4) is 0 Å². The first-order valence-corrected chi connectivity index (χ1v) is 11.1. The monoisotopic (exact) mass is 511 g/mol. The molecule has 2 amide bonds. The van der Waals surface area contributed by atoms with Crippen molar-refractivity contribution in [3.8, 4) is 0 Å². The summed E-state index contributed by atoms with van der Waals surface area (Å²) in [5, 5.41) is 18.3. The van der Waals surface area contributed by atoms with Gasteiger partial charge in [0, 0.05) is 18.3 Å². The number of para-hydroxylation sites is 1. The number of halogens is 4. The zero-order valence-electron chi connectivity index (χ0n) is 18.7. The van der Waals surface area contributed by atoms with Crippen molar-refractivity contribution in [3.05, 3.63) is 65.2 Å². The first-order valence-electron chi connectivity index (χ1n) is 10.7. The molecule has 0 aliphatic carbocycles. The fraction of sp³-hybridized carbons (Fsp3) is 0.348. The summed E-state index contributed by atoms with van der Waals surface area (Å²) in [7, 11) is 0. The average Bonchev–Trinajstić information content (AvgIpc) is 3.21. The van der Waals surface area contributed by atoms with E-state index in [0.29, 0.717) is 10.7 Å². The molecule has 3 rings (SSSR count). The molecule has 188 valence electrons. The molecule has 1 aliphatic rings. The maximum absolute atomic E-state index is 13.9. The molecule has 2 aromatic carbocycles. The lowest BCUT2D eigenvalue weighted by Gasteiger charge is -2.35. The molecule has 4 N–H and O–H groups in total. The second-order valence-electron chi connectivity index (χ2n) is 8.01. The number of hydrogen-bond acceptors (Lipinski definition) is 6. The quantitative estimate of drug-likeness (QED) is 0.504. The Morgan fingerprint density at radius 3 is 2.40 bits per heavy atom. The molecule has 0 bridgehead atoms. The Hall–Kier alpha value is -3.15. The molecular weight excluding hydrogens is 487 g/mol. The van der Waals surface area contributed by atoms with E-state index in [0.717, 1.165) is 4.90 Å². The molecule has 1 aliphatic heterocycles. The topological polar surface area (TPSA) is 111 Å². The Morgan fingerprint density at radius 1 is 1.17 bits per heavy atom. The van der Waals surface area contributed by atoms with Crippen LogP contribution >= 0.6 is 11.6 Å². The third-order valence-electron chi connectivity index (χ3n) is 5.63. The summed E-state index contributed by atoms with van der Waals surface area (Å²) in [6, 6.07) is 14.4. The lowest BCUT2D eigenvalue weighted by atomic mass is 10.0. The zero-order valence-corrected chi connectivity index (χ0v) is 19.5. The molecule has 0 aromatic heterocycles. The van der Waals surface area contributed by atoms with Crippen LogP contribution in [0.4, 0.5) is 18.9 Å². The predicted octanol–water partition coefficient (Wildman–Crippen LogP) is 2.62. The third-order valence-corrected chi connectivity index (χ3v) is 5.95. The highest BCUT2D eigenvalue weighted by molar-refractivity contribution is 6.33. The van der Waals surface area contributed by atoms with E-state index in [1.165, 1.54) is 30.3 Å². The van der Waals surface area contributed by atoms with Gasteiger partial charge in [-0.2, -0.15) is 18.3 Å². The molecule has 0 saturated heterocycles. The second kappa shape index (κ2) is 10.6. The van der Waals surface area contributed by atoms with E-state index in [1.807, 2.05) is 0 Å². The molecule has 0 radical (unpaired) electrons. The Kier molecular flexibility index (Phi) is 8.04. The van der Waals surface area contributed by atoms with Crippen molar-refractivity contribution < 1.29 is 27.9 Å². The number of nitrogens with zero attached hydrogens (tertiary/aromatic N) is 3. The number of alkyl halides is 3. The molecule has 3 unspecified atom stereocenters. The predicted molar refractivity (Wildman–Crippen MR) is 126 cm³/mol. The van der Waals surface area contributed by atoms with Crippen LogP contribution in [0.15, 0.2) is 59.7 Å². The minimum absolute atomic E-state index is 0.0903. The van der Waals surface area contributed by atoms with Crippen LogP contribution in [0.5, 0.6) is 0 Å². The van der Waals surface area contributed by atoms with Crippen molar-refractivity contribution in [1.29, 1.82) is 0 Å². The molecule has 0 spiro atoms. The Bertz CT molecular complexity index is 1090. The number of likely N-dealkylation sites (N-methyl/N-ethyl adjacent to an activating group) is 1. The van der Waals surface area contributed by atoms with Gasteiger partial charge in [0.2, 0.25) is 5.91 Å². The first-order chi connectivity index (χ1) is 16.5. The summed E-state index contributed by atoms with van der Waals surface area (Å²) in [6.45, 7) is -0.852. The van der Waals surface area contributed by atoms with Crippen molar-refractivity contribution in [3.63, 3.8) is 0 Å². The van der Waals surface area contributed by atoms with Crippen molar-refractivity contribution in [2.24, 2.45) is 16.8 Å². The largest absolute Gasteiger partial charge is 0.420 e. The summed E-state index contributed by atoms with van der Waals surface area (Å²) in [5.41, 5.74) is 3.31. The Morgan fingerprint density at radius 2 is 1.80 bits per heavy atom. The summed E-state index contributed by atoms with van der Waals surface area (Å²) in [6.07, 6.45) is -4.96. The van der Waals surface area contributed by atoms with E-state index in [9.17, 15) is 27.9 Å². The number of hydrazone groups is 1. The van der Waals surface area contributed by atoms with Crippen LogP contribution in [-0.4, -0.2) is 65.6 Å². The van der Waals surface area contributed by atoms with Crippen LogP contribution in [0.1, 0.15) is 17.3 Å². The van der Waals surface area contributed by atoms with E-state index >= 15 is 0 Å². The lowest BCUT2D eigenvalue weighted by Crippen LogP contribution is -2.61. The summed E-state index contributed by atoms with van der Waals surface area (Å²) >= 11 is 6.14. The summed E-state index contributed by atoms with van der Waals surface area (Å²) < 4.78 is 41.7. The fourth-order valence-electron chi connectivity index (χ4n) is 3.55. The van der Waals surface area contributed by atoms with Gasteiger partial charge >= 0.3 is 6.18 Å². The molecule has 35 heavy (non-hydrogen) atoms. The minimum Gasteiger partial charge on any atom is -0.378 e. The van der Waals surface area contributed by atoms with E-state index in [2.05, 4.69) is 10.4 Å². The third kappa shape index (κ3) is 5.75. The number of hydrogen-bond donors (Lipinski definition) is 3. The molecule has 12 heteroatoms. The van der Waals surface area contributed by atoms with Crippen LogP contribution in [0, 0.1) is 5.92 Å². The number of anilines is 1. The number of aliphatic hydroxyl groups is 1. The first kappa shape index (κ1) is 26.5. The van der Waals surface area contributed by atoms with Crippen molar-refractivity contribution in [2.45, 2.75) is 24.9 Å². The molecule has 2 aromatic rings. The maximum Gasteiger partial charge on any atom is 0.420 e. The van der Waals surface area contributed by atoms with E-state index in [-0.39, 0.29) is 12.1 Å². The molecule has 3 atom stereocenters. The number of nitrogens with one attached hydrogen (secondary N) is 1. The van der Waals surface area contributed by atoms with Gasteiger partial charge in [0.1, 0.15) is 12.1 Å². The standard InChI is InChI=1S/C23H25ClF3N5O3/c1-2-31(21(34)15-8-4-3-5-9-15)14-22(35,23(25,26)27)13-29-20(33)16-12-30-32(19(16)28)18-11-7-6-10-17(18)24/h3-12,16,19,35H,2,13-14,28H2,1H3,(H,29,33). The molecule has 8 nitrogen and oxygen atoms in total. The highest BCUT2D eigenvalue weighted by Gasteiger charge is 2.55. The normalized spacial score (nSPS) is 19.3. The number of nitrogens with two attached hydrogens (primary N) is 1. The SMILES string of the molecule is CCN(CC(O)(CNC(=O)C1C=NN(c2ccccc2Cl)C1N)C(F)(F)F)C(=O)c1ccccc1. The number of amides is 2. The summed E-state index contributed by atoms with van der Waals surface area (Å²) in [4.78, 5) is 26.3. The Labute approximate surface area is 205 Å². The van der Waals surface area contributed by atoms with Crippen molar-refractivity contribution >= 4 is 35.3 Å². The molecule has 0 fully saturated rings. The van der Waals surface area contributed by atoms with E-state index in [4.69, 9.17) is 17.3 Å². The lowest BCUT2D eigenvalue weighted by molar-refractivity contribution is -0.260.